The third-order valence-corrected chi connectivity index (χ3v) is 6.65. The summed E-state index contributed by atoms with van der Waals surface area (Å²) in [5.41, 5.74) is 2.83. The van der Waals surface area contributed by atoms with Gasteiger partial charge in [-0.15, -0.1) is 11.6 Å². The first-order chi connectivity index (χ1) is 17.1. The predicted molar refractivity (Wildman–Crippen MR) is 131 cm³/mol. The molecule has 1 aliphatic heterocycles. The van der Waals surface area contributed by atoms with E-state index in [4.69, 9.17) is 23.2 Å². The fourth-order valence-corrected chi connectivity index (χ4v) is 4.89. The number of phenolic OH excluding ortho intramolecular Hbond substituents is 1. The SMILES string of the molecule is Cc1cc(Cl)[nH]c2ccc3c(=O)c(C(=O)NN4C(=O)C(Cl)C4c4cc([N+](=O)[O-])ccc4O)cnc3c12. The number of aryl methyl sites for hydroxylation is 1. The van der Waals surface area contributed by atoms with Crippen LogP contribution in [0.4, 0.5) is 5.69 Å². The van der Waals surface area contributed by atoms with Gasteiger partial charge in [-0.25, -0.2) is 5.01 Å². The normalized spacial score (nSPS) is 17.3. The highest BCUT2D eigenvalue weighted by Crippen LogP contribution is 2.42. The van der Waals surface area contributed by atoms with Crippen molar-refractivity contribution in [3.05, 3.63) is 84.8 Å². The smallest absolute Gasteiger partial charge is 0.275 e. The van der Waals surface area contributed by atoms with Crippen LogP contribution in [0.15, 0.2) is 47.4 Å². The Morgan fingerprint density at radius 1 is 1.25 bits per heavy atom. The maximum atomic E-state index is 13.2. The second-order valence-electron chi connectivity index (χ2n) is 8.18. The molecule has 1 saturated heterocycles. The number of hydrogen-bond donors (Lipinski definition) is 3. The number of aromatic amines is 1. The average molecular weight is 528 g/mol. The van der Waals surface area contributed by atoms with Crippen molar-refractivity contribution in [2.24, 2.45) is 0 Å². The lowest BCUT2D eigenvalue weighted by atomic mass is 9.94. The van der Waals surface area contributed by atoms with Crippen LogP contribution >= 0.6 is 23.2 Å². The van der Waals surface area contributed by atoms with Gasteiger partial charge in [0.2, 0.25) is 5.43 Å². The van der Waals surface area contributed by atoms with Gasteiger partial charge in [0.05, 0.1) is 10.4 Å². The molecule has 0 saturated carbocycles. The number of H-pyrrole nitrogens is 1. The molecule has 11 nitrogen and oxygen atoms in total. The number of β-lactam (4-membered cyclic amide) rings is 1. The Balaban J connectivity index is 1.51. The van der Waals surface area contributed by atoms with Crippen molar-refractivity contribution in [3.8, 4) is 5.75 Å². The maximum absolute atomic E-state index is 13.2. The van der Waals surface area contributed by atoms with E-state index in [0.717, 1.165) is 35.0 Å². The van der Waals surface area contributed by atoms with Gasteiger partial charge in [-0.1, -0.05) is 11.6 Å². The highest BCUT2D eigenvalue weighted by atomic mass is 35.5. The number of halogens is 2. The second kappa shape index (κ2) is 8.47. The third kappa shape index (κ3) is 3.60. The van der Waals surface area contributed by atoms with E-state index in [1.54, 1.807) is 12.1 Å². The summed E-state index contributed by atoms with van der Waals surface area (Å²) in [4.78, 5) is 56.4. The number of nitrogens with one attached hydrogen (secondary N) is 2. The molecule has 13 heteroatoms. The number of nitrogens with zero attached hydrogens (tertiary/aromatic N) is 3. The second-order valence-corrected chi connectivity index (χ2v) is 9.06. The van der Waals surface area contributed by atoms with Gasteiger partial charge < -0.3 is 10.1 Å². The number of carbonyl (C=O) groups excluding carboxylic acids is 2. The molecular weight excluding hydrogens is 513 g/mol. The first-order valence-electron chi connectivity index (χ1n) is 10.4. The zero-order chi connectivity index (χ0) is 25.9. The van der Waals surface area contributed by atoms with Crippen LogP contribution in [0.1, 0.15) is 27.5 Å². The fourth-order valence-electron chi connectivity index (χ4n) is 4.27. The van der Waals surface area contributed by atoms with Crippen molar-refractivity contribution in [2.45, 2.75) is 18.3 Å². The van der Waals surface area contributed by atoms with Crippen LogP contribution in [-0.2, 0) is 4.79 Å². The zero-order valence-electron chi connectivity index (χ0n) is 18.3. The molecule has 2 atom stereocenters. The summed E-state index contributed by atoms with van der Waals surface area (Å²) >= 11 is 12.2. The van der Waals surface area contributed by atoms with Crippen molar-refractivity contribution in [2.75, 3.05) is 0 Å². The van der Waals surface area contributed by atoms with E-state index in [9.17, 15) is 29.6 Å². The number of nitro groups is 1. The molecule has 1 aliphatic rings. The molecule has 182 valence electrons. The maximum Gasteiger partial charge on any atom is 0.275 e. The Morgan fingerprint density at radius 3 is 2.72 bits per heavy atom. The number of aromatic hydroxyl groups is 1. The standard InChI is InChI=1S/C23H15Cl2N5O6/c1-9-6-16(24)27-14-4-3-11-19(17(9)14)26-8-13(21(11)32)22(33)28-29-20(18(25)23(29)34)12-7-10(30(35)36)2-5-15(12)31/h2-8,18,20,27,31H,1H3,(H,28,33). The number of non-ortho nitro benzene ring substituents is 1. The molecule has 36 heavy (non-hydrogen) atoms. The Bertz CT molecular complexity index is 1690. The van der Waals surface area contributed by atoms with Crippen molar-refractivity contribution < 1.29 is 19.6 Å². The summed E-state index contributed by atoms with van der Waals surface area (Å²) < 4.78 is 0. The van der Waals surface area contributed by atoms with Crippen LogP contribution < -0.4 is 10.9 Å². The number of carbonyl (C=O) groups is 2. The van der Waals surface area contributed by atoms with Gasteiger partial charge in [0.25, 0.3) is 17.5 Å². The molecule has 0 radical (unpaired) electrons. The molecule has 3 N–H and O–H groups in total. The van der Waals surface area contributed by atoms with Crippen LogP contribution in [0, 0.1) is 17.0 Å². The molecule has 2 aromatic heterocycles. The number of phenols is 1. The largest absolute Gasteiger partial charge is 0.508 e. The summed E-state index contributed by atoms with van der Waals surface area (Å²) in [5.74, 6) is -1.99. The van der Waals surface area contributed by atoms with Crippen molar-refractivity contribution in [3.63, 3.8) is 0 Å². The van der Waals surface area contributed by atoms with Crippen molar-refractivity contribution in [1.82, 2.24) is 20.4 Å². The Hall–Kier alpha value is -4.22. The summed E-state index contributed by atoms with van der Waals surface area (Å²) in [6.07, 6.45) is 1.11. The van der Waals surface area contributed by atoms with Crippen molar-refractivity contribution >= 4 is 62.5 Å². The number of aromatic nitrogens is 2. The lowest BCUT2D eigenvalue weighted by Crippen LogP contribution is -2.63. The summed E-state index contributed by atoms with van der Waals surface area (Å²) in [7, 11) is 0. The Kier molecular flexibility index (Phi) is 5.53. The van der Waals surface area contributed by atoms with E-state index in [0.29, 0.717) is 21.6 Å². The minimum Gasteiger partial charge on any atom is -0.508 e. The quantitative estimate of drug-likeness (QED) is 0.0913. The molecule has 2 unspecified atom stereocenters. The zero-order valence-corrected chi connectivity index (χ0v) is 19.8. The third-order valence-electron chi connectivity index (χ3n) is 6.02. The Morgan fingerprint density at radius 2 is 2.00 bits per heavy atom. The molecule has 0 aliphatic carbocycles. The molecular formula is C23H15Cl2N5O6. The molecule has 1 fully saturated rings. The molecule has 0 spiro atoms. The fraction of sp³-hybridized carbons (Fsp3) is 0.130. The Labute approximate surface area is 211 Å². The van der Waals surface area contributed by atoms with Crippen LogP contribution in [0.2, 0.25) is 5.15 Å². The van der Waals surface area contributed by atoms with E-state index < -0.39 is 33.6 Å². The highest BCUT2D eigenvalue weighted by molar-refractivity contribution is 6.33. The minimum atomic E-state index is -1.20. The van der Waals surface area contributed by atoms with Gasteiger partial charge in [0, 0.05) is 40.2 Å². The van der Waals surface area contributed by atoms with Crippen LogP contribution in [0.3, 0.4) is 0 Å². The topological polar surface area (TPSA) is 159 Å². The number of benzene rings is 2. The molecule has 2 amide bonds. The van der Waals surface area contributed by atoms with E-state index >= 15 is 0 Å². The van der Waals surface area contributed by atoms with E-state index in [-0.39, 0.29) is 28.0 Å². The monoisotopic (exact) mass is 527 g/mol. The molecule has 4 aromatic rings. The lowest BCUT2D eigenvalue weighted by molar-refractivity contribution is -0.385. The van der Waals surface area contributed by atoms with Gasteiger partial charge in [0.15, 0.2) is 0 Å². The summed E-state index contributed by atoms with van der Waals surface area (Å²) in [6, 6.07) is 7.01. The van der Waals surface area contributed by atoms with Gasteiger partial charge in [-0.3, -0.25) is 34.9 Å². The molecule has 5 rings (SSSR count). The van der Waals surface area contributed by atoms with E-state index in [2.05, 4.69) is 15.4 Å². The summed E-state index contributed by atoms with van der Waals surface area (Å²) in [6.45, 7) is 1.82. The molecule has 0 bridgehead atoms. The first-order valence-corrected chi connectivity index (χ1v) is 11.3. The van der Waals surface area contributed by atoms with Gasteiger partial charge in [0.1, 0.15) is 27.9 Å². The number of hydrogen-bond acceptors (Lipinski definition) is 7. The van der Waals surface area contributed by atoms with Crippen LogP contribution in [-0.4, -0.2) is 42.2 Å². The number of alkyl halides is 1. The van der Waals surface area contributed by atoms with Gasteiger partial charge in [-0.2, -0.15) is 0 Å². The van der Waals surface area contributed by atoms with E-state index in [1.807, 2.05) is 6.92 Å². The number of amides is 2. The number of rotatable bonds is 4. The predicted octanol–water partition coefficient (Wildman–Crippen LogP) is 3.49. The average Bonchev–Trinajstić information content (AvgIpc) is 2.83. The van der Waals surface area contributed by atoms with Gasteiger partial charge in [-0.05, 0) is 36.8 Å². The molecule has 2 aromatic carbocycles. The highest BCUT2D eigenvalue weighted by Gasteiger charge is 2.50. The number of pyridine rings is 2. The number of hydrazine groups is 1. The minimum absolute atomic E-state index is 0.0278. The van der Waals surface area contributed by atoms with E-state index in [1.165, 1.54) is 6.07 Å². The first kappa shape index (κ1) is 23.5. The summed E-state index contributed by atoms with van der Waals surface area (Å²) in [5, 5.41) is 22.2. The van der Waals surface area contributed by atoms with Crippen molar-refractivity contribution in [1.29, 1.82) is 0 Å². The number of nitro benzene ring substituents is 1. The van der Waals surface area contributed by atoms with Crippen LogP contribution in [0.25, 0.3) is 21.8 Å². The van der Waals surface area contributed by atoms with Crippen LogP contribution in [0.5, 0.6) is 5.75 Å². The molecule has 3 heterocycles. The van der Waals surface area contributed by atoms with Gasteiger partial charge >= 0.3 is 0 Å². The number of fused-ring (bicyclic) bond motifs is 3. The lowest BCUT2D eigenvalue weighted by Gasteiger charge is -2.43.